The maximum atomic E-state index is 15.0. The van der Waals surface area contributed by atoms with Crippen LogP contribution >= 0.6 is 15.8 Å². The highest BCUT2D eigenvalue weighted by Gasteiger charge is 2.33. The van der Waals surface area contributed by atoms with Gasteiger partial charge in [-0.15, -0.1) is 0 Å². The molecule has 1 aliphatic carbocycles. The van der Waals surface area contributed by atoms with E-state index in [0.29, 0.717) is 11.1 Å². The van der Waals surface area contributed by atoms with Gasteiger partial charge in [-0.3, -0.25) is 9.59 Å². The maximum Gasteiger partial charge on any atom is 0.252 e. The topological polar surface area (TPSA) is 58.2 Å². The molecule has 0 aliphatic heterocycles. The normalized spacial score (nSPS) is 15.4. The van der Waals surface area contributed by atoms with Crippen molar-refractivity contribution in [1.29, 1.82) is 0 Å². The number of nitrogens with one attached hydrogen (secondary N) is 2. The van der Waals surface area contributed by atoms with E-state index in [1.54, 1.807) is 0 Å². The van der Waals surface area contributed by atoms with E-state index in [2.05, 4.69) is 156 Å². The van der Waals surface area contributed by atoms with Crippen LogP contribution in [0.3, 0.4) is 0 Å². The zero-order chi connectivity index (χ0) is 39.3. The van der Waals surface area contributed by atoms with Gasteiger partial charge >= 0.3 is 0 Å². The van der Waals surface area contributed by atoms with Gasteiger partial charge in [-0.25, -0.2) is 0 Å². The summed E-state index contributed by atoms with van der Waals surface area (Å²) in [5.41, 5.74) is 1.42. The molecule has 1 aliphatic rings. The summed E-state index contributed by atoms with van der Waals surface area (Å²) in [5.74, 6) is -0.195. The third-order valence-electron chi connectivity index (χ3n) is 11.2. The Bertz CT molecular complexity index is 2420. The molecule has 0 aromatic heterocycles. The molecule has 0 heterocycles. The monoisotopic (exact) mass is 790 g/mol. The number of benzene rings is 8. The van der Waals surface area contributed by atoms with Gasteiger partial charge in [0.25, 0.3) is 11.8 Å². The molecule has 0 saturated heterocycles. The highest BCUT2D eigenvalue weighted by Crippen LogP contribution is 2.38. The third kappa shape index (κ3) is 7.71. The van der Waals surface area contributed by atoms with Crippen molar-refractivity contribution in [3.63, 3.8) is 0 Å². The van der Waals surface area contributed by atoms with Gasteiger partial charge in [-0.2, -0.15) is 0 Å². The highest BCUT2D eigenvalue weighted by atomic mass is 31.1. The lowest BCUT2D eigenvalue weighted by molar-refractivity contribution is 0.0865. The van der Waals surface area contributed by atoms with Gasteiger partial charge in [-0.05, 0) is 82.1 Å². The summed E-state index contributed by atoms with van der Waals surface area (Å²) >= 11 is 0. The van der Waals surface area contributed by atoms with Crippen molar-refractivity contribution in [2.24, 2.45) is 0 Å². The molecule has 1 saturated carbocycles. The van der Waals surface area contributed by atoms with Gasteiger partial charge in [0.2, 0.25) is 0 Å². The molecule has 0 spiro atoms. The first-order valence-corrected chi connectivity index (χ1v) is 22.8. The van der Waals surface area contributed by atoms with Gasteiger partial charge in [-0.1, -0.05) is 207 Å². The first-order valence-electron chi connectivity index (χ1n) is 20.1. The Kier molecular flexibility index (Phi) is 11.2. The smallest absolute Gasteiger partial charge is 0.252 e. The van der Waals surface area contributed by atoms with Gasteiger partial charge in [0, 0.05) is 12.1 Å². The summed E-state index contributed by atoms with van der Waals surface area (Å²) in [5, 5.41) is 17.8. The SMILES string of the molecule is O=C(NC1CCCC[C@H]1NC(=O)c1c(P(c2ccccc2)c2ccccc2)ccc2ccccc12)c1c(P(c2ccccc2)c2ccccc2)ccc2ccccc12. The van der Waals surface area contributed by atoms with Crippen LogP contribution in [0, 0.1) is 0 Å². The fraction of sp³-hybridized carbons (Fsp3) is 0.115. The molecule has 8 aromatic rings. The molecule has 2 N–H and O–H groups in total. The predicted octanol–water partition coefficient (Wildman–Crippen LogP) is 8.98. The Balaban J connectivity index is 1.09. The lowest BCUT2D eigenvalue weighted by Gasteiger charge is -2.34. The Hall–Kier alpha value is -5.92. The first kappa shape index (κ1) is 37.6. The number of fused-ring (bicyclic) bond motifs is 2. The standard InChI is InChI=1S/C52H44N2O2P2/c55-51(49-43-29-15-13-19-37(43)33-35-47(49)57(39-21-5-1-6-22-39)40-23-7-2-8-24-40)53-45-31-17-18-32-46(45)54-52(56)50-44-30-16-14-20-38(44)34-36-48(50)58(41-25-9-3-10-26-41)42-27-11-4-12-28-42/h1-16,19-30,33-36,45-46H,17-18,31-32H2,(H,53,55)(H,54,56)/t45-,46?/m1/s1. The fourth-order valence-corrected chi connectivity index (χ4v) is 13.4. The molecule has 4 nitrogen and oxygen atoms in total. The van der Waals surface area contributed by atoms with E-state index < -0.39 is 15.8 Å². The Morgan fingerprint density at radius 2 is 0.690 bits per heavy atom. The summed E-state index contributed by atoms with van der Waals surface area (Å²) in [6.45, 7) is 0. The molecule has 0 radical (unpaired) electrons. The van der Waals surface area contributed by atoms with Gasteiger partial charge in [0.05, 0.1) is 11.1 Å². The van der Waals surface area contributed by atoms with Crippen LogP contribution in [0.2, 0.25) is 0 Å². The van der Waals surface area contributed by atoms with Crippen molar-refractivity contribution in [3.05, 3.63) is 205 Å². The van der Waals surface area contributed by atoms with E-state index in [9.17, 15) is 0 Å². The van der Waals surface area contributed by atoms with E-state index in [-0.39, 0.29) is 23.9 Å². The van der Waals surface area contributed by atoms with Crippen LogP contribution < -0.4 is 42.5 Å². The number of amides is 2. The van der Waals surface area contributed by atoms with Crippen LogP contribution in [-0.4, -0.2) is 23.9 Å². The second kappa shape index (κ2) is 17.3. The highest BCUT2D eigenvalue weighted by molar-refractivity contribution is 7.80. The molecule has 6 heteroatoms. The molecule has 9 rings (SSSR count). The Labute approximate surface area is 342 Å². The molecular weight excluding hydrogens is 747 g/mol. The first-order chi connectivity index (χ1) is 28.6. The van der Waals surface area contributed by atoms with Gasteiger partial charge in [0.1, 0.15) is 0 Å². The molecule has 0 bridgehead atoms. The average Bonchev–Trinajstić information content (AvgIpc) is 3.28. The quantitative estimate of drug-likeness (QED) is 0.136. The largest absolute Gasteiger partial charge is 0.347 e. The minimum Gasteiger partial charge on any atom is -0.347 e. The summed E-state index contributed by atoms with van der Waals surface area (Å²) in [7, 11) is -2.09. The summed E-state index contributed by atoms with van der Waals surface area (Å²) in [6.07, 6.45) is 3.53. The second-order valence-corrected chi connectivity index (χ2v) is 19.2. The number of carbonyl (C=O) groups excluding carboxylic acids is 2. The van der Waals surface area contributed by atoms with Crippen LogP contribution in [0.4, 0.5) is 0 Å². The zero-order valence-corrected chi connectivity index (χ0v) is 34.0. The van der Waals surface area contributed by atoms with Crippen molar-refractivity contribution < 1.29 is 9.59 Å². The van der Waals surface area contributed by atoms with Crippen molar-refractivity contribution in [3.8, 4) is 0 Å². The average molecular weight is 791 g/mol. The lowest BCUT2D eigenvalue weighted by atomic mass is 9.89. The minimum atomic E-state index is -1.05. The number of carbonyl (C=O) groups is 2. The molecular formula is C52H44N2O2P2. The lowest BCUT2D eigenvalue weighted by Crippen LogP contribution is -2.54. The van der Waals surface area contributed by atoms with E-state index in [0.717, 1.165) is 57.8 Å². The molecule has 2 amide bonds. The van der Waals surface area contributed by atoms with Crippen molar-refractivity contribution in [1.82, 2.24) is 10.6 Å². The molecule has 8 aromatic carbocycles. The van der Waals surface area contributed by atoms with E-state index in [1.807, 2.05) is 48.5 Å². The zero-order valence-electron chi connectivity index (χ0n) is 32.2. The predicted molar refractivity (Wildman–Crippen MR) is 246 cm³/mol. The van der Waals surface area contributed by atoms with Crippen LogP contribution in [0.5, 0.6) is 0 Å². The number of hydrogen-bond acceptors (Lipinski definition) is 2. The second-order valence-electron chi connectivity index (χ2n) is 14.8. The van der Waals surface area contributed by atoms with Crippen LogP contribution in [0.1, 0.15) is 46.4 Å². The number of hydrogen-bond donors (Lipinski definition) is 2. The van der Waals surface area contributed by atoms with Crippen LogP contribution in [-0.2, 0) is 0 Å². The van der Waals surface area contributed by atoms with Crippen molar-refractivity contribution >= 4 is 81.0 Å². The minimum absolute atomic E-state index is 0.0974. The summed E-state index contributed by atoms with van der Waals surface area (Å²) < 4.78 is 0. The van der Waals surface area contributed by atoms with E-state index in [1.165, 1.54) is 21.2 Å². The molecule has 284 valence electrons. The Morgan fingerprint density at radius 3 is 1.03 bits per heavy atom. The van der Waals surface area contributed by atoms with Crippen molar-refractivity contribution in [2.45, 2.75) is 37.8 Å². The summed E-state index contributed by atoms with van der Waals surface area (Å²) in [6, 6.07) is 66.7. The van der Waals surface area contributed by atoms with E-state index >= 15 is 9.59 Å². The molecule has 58 heavy (non-hydrogen) atoms. The maximum absolute atomic E-state index is 15.0. The fourth-order valence-electron chi connectivity index (χ4n) is 8.49. The third-order valence-corrected chi connectivity index (χ3v) is 16.2. The van der Waals surface area contributed by atoms with Crippen molar-refractivity contribution in [2.75, 3.05) is 0 Å². The van der Waals surface area contributed by atoms with Gasteiger partial charge in [0.15, 0.2) is 0 Å². The van der Waals surface area contributed by atoms with Crippen LogP contribution in [0.25, 0.3) is 21.5 Å². The van der Waals surface area contributed by atoms with Crippen LogP contribution in [0.15, 0.2) is 194 Å². The number of rotatable bonds is 10. The van der Waals surface area contributed by atoms with Gasteiger partial charge < -0.3 is 10.6 Å². The summed E-state index contributed by atoms with van der Waals surface area (Å²) in [4.78, 5) is 30.1. The van der Waals surface area contributed by atoms with E-state index in [4.69, 9.17) is 0 Å². The molecule has 2 atom stereocenters. The Morgan fingerprint density at radius 1 is 0.379 bits per heavy atom. The molecule has 1 fully saturated rings. The molecule has 1 unspecified atom stereocenters.